The second kappa shape index (κ2) is 8.96. The third kappa shape index (κ3) is 4.32. The Morgan fingerprint density at radius 3 is 2.06 bits per heavy atom. The van der Waals surface area contributed by atoms with Gasteiger partial charge in [-0.05, 0) is 47.5 Å². The summed E-state index contributed by atoms with van der Waals surface area (Å²) in [7, 11) is 0. The van der Waals surface area contributed by atoms with Gasteiger partial charge in [-0.1, -0.05) is 60.7 Å². The number of furan rings is 1. The summed E-state index contributed by atoms with van der Waals surface area (Å²) in [6.45, 7) is 0. The van der Waals surface area contributed by atoms with Crippen molar-refractivity contribution < 1.29 is 13.6 Å². The molecular formula is C27H20FN3O2. The first kappa shape index (κ1) is 20.5. The summed E-state index contributed by atoms with van der Waals surface area (Å²) in [6, 6.07) is 30.2. The molecule has 0 spiro atoms. The maximum absolute atomic E-state index is 13.6. The minimum Gasteiger partial charge on any atom is -0.463 e. The largest absolute Gasteiger partial charge is 0.463 e. The lowest BCUT2D eigenvalue weighted by Gasteiger charge is -2.20. The van der Waals surface area contributed by atoms with E-state index in [0.29, 0.717) is 22.8 Å². The molecular weight excluding hydrogens is 417 g/mol. The molecule has 3 aromatic carbocycles. The first-order valence-corrected chi connectivity index (χ1v) is 10.5. The van der Waals surface area contributed by atoms with Gasteiger partial charge in [0.15, 0.2) is 5.76 Å². The van der Waals surface area contributed by atoms with E-state index < -0.39 is 0 Å². The molecule has 0 aliphatic heterocycles. The minimum atomic E-state index is -0.364. The molecule has 5 nitrogen and oxygen atoms in total. The van der Waals surface area contributed by atoms with E-state index >= 15 is 0 Å². The van der Waals surface area contributed by atoms with Crippen LogP contribution in [0.1, 0.15) is 27.7 Å². The molecule has 0 bridgehead atoms. The molecule has 0 aliphatic carbocycles. The van der Waals surface area contributed by atoms with E-state index in [1.54, 1.807) is 36.6 Å². The van der Waals surface area contributed by atoms with Crippen molar-refractivity contribution >= 4 is 5.91 Å². The Balaban J connectivity index is 1.56. The summed E-state index contributed by atoms with van der Waals surface area (Å²) in [6.07, 6.45) is 1.55. The number of carbonyl (C=O) groups excluding carboxylic acids is 1. The lowest BCUT2D eigenvalue weighted by Crippen LogP contribution is -2.31. The molecule has 0 aliphatic rings. The van der Waals surface area contributed by atoms with Crippen molar-refractivity contribution in [3.8, 4) is 17.1 Å². The van der Waals surface area contributed by atoms with Crippen LogP contribution in [0, 0.1) is 5.82 Å². The molecule has 2 heterocycles. The van der Waals surface area contributed by atoms with E-state index in [2.05, 4.69) is 10.4 Å². The molecule has 6 heteroatoms. The van der Waals surface area contributed by atoms with Crippen LogP contribution < -0.4 is 5.32 Å². The molecule has 0 radical (unpaired) electrons. The van der Waals surface area contributed by atoms with E-state index in [9.17, 15) is 9.18 Å². The quantitative estimate of drug-likeness (QED) is 0.366. The molecule has 1 N–H and O–H groups in total. The lowest BCUT2D eigenvalue weighted by molar-refractivity contribution is 0.0935. The van der Waals surface area contributed by atoms with Crippen molar-refractivity contribution in [2.75, 3.05) is 0 Å². The summed E-state index contributed by atoms with van der Waals surface area (Å²) >= 11 is 0. The highest BCUT2D eigenvalue weighted by Crippen LogP contribution is 2.25. The maximum Gasteiger partial charge on any atom is 0.270 e. The van der Waals surface area contributed by atoms with Gasteiger partial charge in [-0.15, -0.1) is 0 Å². The average Bonchev–Trinajstić information content (AvgIpc) is 3.54. The molecule has 0 unspecified atom stereocenters. The van der Waals surface area contributed by atoms with E-state index in [1.807, 2.05) is 60.7 Å². The normalized spacial score (nSPS) is 11.0. The van der Waals surface area contributed by atoms with Crippen LogP contribution in [0.5, 0.6) is 0 Å². The summed E-state index contributed by atoms with van der Waals surface area (Å²) in [5.41, 5.74) is 3.29. The summed E-state index contributed by atoms with van der Waals surface area (Å²) in [4.78, 5) is 13.6. The fourth-order valence-electron chi connectivity index (χ4n) is 3.72. The molecule has 2 aromatic heterocycles. The lowest BCUT2D eigenvalue weighted by atomic mass is 9.98. The van der Waals surface area contributed by atoms with Crippen molar-refractivity contribution in [2.45, 2.75) is 6.04 Å². The maximum atomic E-state index is 13.6. The highest BCUT2D eigenvalue weighted by molar-refractivity contribution is 5.94. The zero-order chi connectivity index (χ0) is 22.6. The number of rotatable bonds is 6. The average molecular weight is 437 g/mol. The Kier molecular flexibility index (Phi) is 5.55. The van der Waals surface area contributed by atoms with Gasteiger partial charge in [-0.3, -0.25) is 4.79 Å². The van der Waals surface area contributed by atoms with E-state index in [-0.39, 0.29) is 17.8 Å². The van der Waals surface area contributed by atoms with Gasteiger partial charge in [0, 0.05) is 6.07 Å². The van der Waals surface area contributed by atoms with Crippen molar-refractivity contribution in [3.63, 3.8) is 0 Å². The number of nitrogens with zero attached hydrogens (tertiary/aromatic N) is 2. The predicted octanol–water partition coefficient (Wildman–Crippen LogP) is 5.79. The van der Waals surface area contributed by atoms with Crippen LogP contribution in [0.3, 0.4) is 0 Å². The number of carbonyl (C=O) groups is 1. The number of nitrogens with one attached hydrogen (secondary N) is 1. The van der Waals surface area contributed by atoms with Crippen LogP contribution in [0.25, 0.3) is 17.1 Å². The first-order chi connectivity index (χ1) is 16.2. The second-order valence-corrected chi connectivity index (χ2v) is 7.51. The van der Waals surface area contributed by atoms with Gasteiger partial charge in [0.1, 0.15) is 17.2 Å². The fourth-order valence-corrected chi connectivity index (χ4v) is 3.72. The zero-order valence-corrected chi connectivity index (χ0v) is 17.6. The van der Waals surface area contributed by atoms with Crippen LogP contribution in [-0.4, -0.2) is 15.7 Å². The summed E-state index contributed by atoms with van der Waals surface area (Å²) < 4.78 is 20.5. The number of aromatic nitrogens is 2. The van der Waals surface area contributed by atoms with Gasteiger partial charge in [-0.25, -0.2) is 9.07 Å². The third-order valence-corrected chi connectivity index (χ3v) is 5.33. The van der Waals surface area contributed by atoms with E-state index in [4.69, 9.17) is 4.42 Å². The van der Waals surface area contributed by atoms with Gasteiger partial charge in [0.25, 0.3) is 5.91 Å². The smallest absolute Gasteiger partial charge is 0.270 e. The zero-order valence-electron chi connectivity index (χ0n) is 17.6. The molecule has 1 amide bonds. The van der Waals surface area contributed by atoms with Crippen LogP contribution in [0.4, 0.5) is 4.39 Å². The molecule has 0 saturated heterocycles. The van der Waals surface area contributed by atoms with Crippen molar-refractivity contribution in [2.24, 2.45) is 0 Å². The van der Waals surface area contributed by atoms with Crippen LogP contribution in [0.15, 0.2) is 114 Å². The van der Waals surface area contributed by atoms with E-state index in [1.165, 1.54) is 16.8 Å². The van der Waals surface area contributed by atoms with Gasteiger partial charge < -0.3 is 9.73 Å². The molecule has 5 aromatic rings. The van der Waals surface area contributed by atoms with Gasteiger partial charge in [-0.2, -0.15) is 5.10 Å². The highest BCUT2D eigenvalue weighted by atomic mass is 19.1. The molecule has 162 valence electrons. The second-order valence-electron chi connectivity index (χ2n) is 7.51. The molecule has 0 fully saturated rings. The molecule has 5 rings (SSSR count). The summed E-state index contributed by atoms with van der Waals surface area (Å²) in [5, 5.41) is 7.71. The Bertz CT molecular complexity index is 1310. The van der Waals surface area contributed by atoms with E-state index in [0.717, 1.165) is 11.1 Å². The molecule has 0 atom stereocenters. The Labute approximate surface area is 190 Å². The van der Waals surface area contributed by atoms with Crippen molar-refractivity contribution in [3.05, 3.63) is 132 Å². The number of halogens is 1. The fraction of sp³-hybridized carbons (Fsp3) is 0.0370. The number of hydrogen-bond acceptors (Lipinski definition) is 3. The first-order valence-electron chi connectivity index (χ1n) is 10.5. The molecule has 0 saturated carbocycles. The van der Waals surface area contributed by atoms with Crippen molar-refractivity contribution in [1.29, 1.82) is 0 Å². The third-order valence-electron chi connectivity index (χ3n) is 5.33. The van der Waals surface area contributed by atoms with Crippen LogP contribution in [-0.2, 0) is 0 Å². The SMILES string of the molecule is O=C(NC(c1ccccc1)c1ccccc1)c1cc(-c2ccco2)nn1-c1ccc(F)cc1. The monoisotopic (exact) mass is 437 g/mol. The Morgan fingerprint density at radius 1 is 0.848 bits per heavy atom. The molecule has 33 heavy (non-hydrogen) atoms. The number of amides is 1. The van der Waals surface area contributed by atoms with Crippen molar-refractivity contribution in [1.82, 2.24) is 15.1 Å². The highest BCUT2D eigenvalue weighted by Gasteiger charge is 2.23. The Morgan fingerprint density at radius 2 is 1.48 bits per heavy atom. The van der Waals surface area contributed by atoms with Crippen LogP contribution in [0.2, 0.25) is 0 Å². The standard InChI is InChI=1S/C27H20FN3O2/c28-21-13-15-22(16-14-21)31-24(18-23(30-31)25-12-7-17-33-25)27(32)29-26(19-8-3-1-4-9-19)20-10-5-2-6-11-20/h1-18,26H,(H,29,32). The summed E-state index contributed by atoms with van der Waals surface area (Å²) in [5.74, 6) is -0.147. The van der Waals surface area contributed by atoms with Gasteiger partial charge >= 0.3 is 0 Å². The predicted molar refractivity (Wildman–Crippen MR) is 123 cm³/mol. The van der Waals surface area contributed by atoms with Gasteiger partial charge in [0.05, 0.1) is 18.0 Å². The van der Waals surface area contributed by atoms with Gasteiger partial charge in [0.2, 0.25) is 0 Å². The Hall–Kier alpha value is -4.45. The minimum absolute atomic E-state index is 0.310. The number of benzene rings is 3. The number of hydrogen-bond donors (Lipinski definition) is 1. The van der Waals surface area contributed by atoms with Crippen LogP contribution >= 0.6 is 0 Å². The topological polar surface area (TPSA) is 60.1 Å².